The lowest BCUT2D eigenvalue weighted by Crippen LogP contribution is -2.44. The van der Waals surface area contributed by atoms with E-state index in [-0.39, 0.29) is 28.6 Å². The molecule has 0 aliphatic carbocycles. The second-order valence-corrected chi connectivity index (χ2v) is 6.07. The Morgan fingerprint density at radius 1 is 1.04 bits per heavy atom. The molecule has 0 saturated carbocycles. The Kier molecular flexibility index (Phi) is 3.91. The summed E-state index contributed by atoms with van der Waals surface area (Å²) in [6.07, 6.45) is -4.75. The quantitative estimate of drug-likeness (QED) is 0.682. The molecule has 0 unspecified atom stereocenters. The topological polar surface area (TPSA) is 58.4 Å². The van der Waals surface area contributed by atoms with E-state index in [1.165, 1.54) is 4.52 Å². The minimum atomic E-state index is -5.86. The van der Waals surface area contributed by atoms with Gasteiger partial charge < -0.3 is 10.2 Å². The molecule has 1 aromatic carbocycles. The van der Waals surface area contributed by atoms with Crippen LogP contribution in [-0.2, 0) is 5.92 Å². The molecule has 3 aromatic rings. The van der Waals surface area contributed by atoms with Crippen LogP contribution < -0.4 is 10.2 Å². The van der Waals surface area contributed by atoms with E-state index in [2.05, 4.69) is 20.4 Å². The molecule has 6 nitrogen and oxygen atoms in total. The van der Waals surface area contributed by atoms with E-state index in [4.69, 9.17) is 0 Å². The molecule has 27 heavy (non-hydrogen) atoms. The molecule has 12 heteroatoms. The van der Waals surface area contributed by atoms with Gasteiger partial charge in [0.15, 0.2) is 5.65 Å². The van der Waals surface area contributed by atoms with Gasteiger partial charge in [-0.05, 0) is 12.1 Å². The van der Waals surface area contributed by atoms with Crippen LogP contribution in [0.15, 0.2) is 18.5 Å². The molecule has 1 N–H and O–H groups in total. The maximum Gasteiger partial charge on any atom is 0.458 e. The van der Waals surface area contributed by atoms with Gasteiger partial charge in [0, 0.05) is 37.1 Å². The van der Waals surface area contributed by atoms with Crippen molar-refractivity contribution >= 4 is 22.5 Å². The normalized spacial score (nSPS) is 16.4. The third-order valence-corrected chi connectivity index (χ3v) is 4.37. The molecule has 0 spiro atoms. The first-order valence-electron chi connectivity index (χ1n) is 7.94. The van der Waals surface area contributed by atoms with Gasteiger partial charge in [-0.25, -0.2) is 14.4 Å². The second-order valence-electron chi connectivity index (χ2n) is 6.07. The number of alkyl halides is 5. The Morgan fingerprint density at radius 2 is 1.74 bits per heavy atom. The van der Waals surface area contributed by atoms with Crippen LogP contribution in [0.4, 0.5) is 32.3 Å². The Hall–Kier alpha value is -2.63. The number of halogens is 6. The van der Waals surface area contributed by atoms with Gasteiger partial charge in [-0.15, -0.1) is 0 Å². The zero-order chi connectivity index (χ0) is 19.4. The summed E-state index contributed by atoms with van der Waals surface area (Å²) in [6.45, 7) is 2.38. The van der Waals surface area contributed by atoms with Gasteiger partial charge in [0.25, 0.3) is 0 Å². The van der Waals surface area contributed by atoms with Crippen molar-refractivity contribution in [1.29, 1.82) is 0 Å². The van der Waals surface area contributed by atoms with Gasteiger partial charge in [-0.2, -0.15) is 31.6 Å². The number of hydrogen-bond acceptors (Lipinski definition) is 5. The summed E-state index contributed by atoms with van der Waals surface area (Å²) >= 11 is 0. The average Bonchev–Trinajstić information content (AvgIpc) is 3.11. The Balaban J connectivity index is 1.96. The van der Waals surface area contributed by atoms with E-state index >= 15 is 0 Å². The van der Waals surface area contributed by atoms with Crippen LogP contribution in [0, 0.1) is 5.82 Å². The number of aromatic nitrogens is 4. The Morgan fingerprint density at radius 3 is 2.41 bits per heavy atom. The highest BCUT2D eigenvalue weighted by atomic mass is 19.4. The van der Waals surface area contributed by atoms with Crippen molar-refractivity contribution in [3.8, 4) is 0 Å². The number of fused-ring (bicyclic) bond motifs is 3. The first kappa shape index (κ1) is 17.8. The van der Waals surface area contributed by atoms with E-state index in [9.17, 15) is 26.3 Å². The number of nitrogens with one attached hydrogen (secondary N) is 1. The minimum absolute atomic E-state index is 0.0488. The first-order chi connectivity index (χ1) is 12.7. The Labute approximate surface area is 147 Å². The fourth-order valence-corrected chi connectivity index (χ4v) is 3.02. The van der Waals surface area contributed by atoms with E-state index in [1.807, 2.05) is 0 Å². The molecular weight excluding hydrogens is 378 g/mol. The zero-order valence-corrected chi connectivity index (χ0v) is 13.6. The van der Waals surface area contributed by atoms with Gasteiger partial charge in [-0.3, -0.25) is 0 Å². The van der Waals surface area contributed by atoms with Crippen LogP contribution in [0.3, 0.4) is 0 Å². The van der Waals surface area contributed by atoms with E-state index in [0.717, 1.165) is 6.33 Å². The number of nitrogens with zero attached hydrogens (tertiary/aromatic N) is 5. The van der Waals surface area contributed by atoms with E-state index < -0.39 is 23.5 Å². The molecule has 0 atom stereocenters. The fourth-order valence-electron chi connectivity index (χ4n) is 3.02. The molecule has 144 valence electrons. The van der Waals surface area contributed by atoms with Crippen molar-refractivity contribution in [2.24, 2.45) is 0 Å². The SMILES string of the molecule is Fc1cc(C(F)(F)C(F)(F)F)cc2c1nc(N1CCNCC1)n1ncnc21. The summed E-state index contributed by atoms with van der Waals surface area (Å²) < 4.78 is 81.1. The van der Waals surface area contributed by atoms with Crippen molar-refractivity contribution in [2.75, 3.05) is 31.1 Å². The summed E-state index contributed by atoms with van der Waals surface area (Å²) in [6, 6.07) is 0.724. The molecule has 0 bridgehead atoms. The van der Waals surface area contributed by atoms with Gasteiger partial charge >= 0.3 is 12.1 Å². The molecule has 1 saturated heterocycles. The third kappa shape index (κ3) is 2.74. The van der Waals surface area contributed by atoms with E-state index in [0.29, 0.717) is 32.2 Å². The van der Waals surface area contributed by atoms with Gasteiger partial charge in [-0.1, -0.05) is 0 Å². The van der Waals surface area contributed by atoms with Gasteiger partial charge in [0.05, 0.1) is 0 Å². The molecule has 0 radical (unpaired) electrons. The highest BCUT2D eigenvalue weighted by molar-refractivity contribution is 5.93. The lowest BCUT2D eigenvalue weighted by Gasteiger charge is -2.28. The molecule has 1 aliphatic rings. The molecular formula is C15H12F6N6. The summed E-state index contributed by atoms with van der Waals surface area (Å²) in [7, 11) is 0. The van der Waals surface area contributed by atoms with Crippen LogP contribution in [-0.4, -0.2) is 51.9 Å². The summed E-state index contributed by atoms with van der Waals surface area (Å²) in [4.78, 5) is 9.85. The van der Waals surface area contributed by atoms with Crippen molar-refractivity contribution in [1.82, 2.24) is 24.9 Å². The van der Waals surface area contributed by atoms with Crippen LogP contribution in [0.25, 0.3) is 16.6 Å². The molecule has 3 heterocycles. The van der Waals surface area contributed by atoms with Crippen LogP contribution in [0.5, 0.6) is 0 Å². The van der Waals surface area contributed by atoms with Crippen molar-refractivity contribution in [2.45, 2.75) is 12.1 Å². The largest absolute Gasteiger partial charge is 0.458 e. The molecule has 1 aliphatic heterocycles. The number of piperazine rings is 1. The number of anilines is 1. The second kappa shape index (κ2) is 5.94. The van der Waals surface area contributed by atoms with Crippen molar-refractivity contribution < 1.29 is 26.3 Å². The highest BCUT2D eigenvalue weighted by Crippen LogP contribution is 2.45. The van der Waals surface area contributed by atoms with Crippen LogP contribution in [0.2, 0.25) is 0 Å². The summed E-state index contributed by atoms with van der Waals surface area (Å²) in [5, 5.41) is 6.82. The molecule has 1 fully saturated rings. The lowest BCUT2D eigenvalue weighted by molar-refractivity contribution is -0.289. The standard InChI is InChI=1S/C15H12F6N6/c16-10-6-8(14(17,18)15(19,20)21)5-9-11(10)25-13(26-3-1-22-2-4-26)27-12(9)23-7-24-27/h5-7,22H,1-4H2. The fraction of sp³-hybridized carbons (Fsp3) is 0.400. The summed E-state index contributed by atoms with van der Waals surface area (Å²) in [5.41, 5.74) is -1.90. The maximum atomic E-state index is 14.5. The van der Waals surface area contributed by atoms with Crippen LogP contribution in [0.1, 0.15) is 5.56 Å². The smallest absolute Gasteiger partial charge is 0.338 e. The number of rotatable bonds is 2. The molecule has 4 rings (SSSR count). The lowest BCUT2D eigenvalue weighted by atomic mass is 10.0. The Bertz CT molecular complexity index is 1010. The van der Waals surface area contributed by atoms with Crippen molar-refractivity contribution in [3.63, 3.8) is 0 Å². The average molecular weight is 390 g/mol. The zero-order valence-electron chi connectivity index (χ0n) is 13.6. The van der Waals surface area contributed by atoms with Crippen molar-refractivity contribution in [3.05, 3.63) is 29.8 Å². The van der Waals surface area contributed by atoms with Crippen LogP contribution >= 0.6 is 0 Å². The first-order valence-corrected chi connectivity index (χ1v) is 7.94. The predicted octanol–water partition coefficient (Wildman–Crippen LogP) is 2.48. The predicted molar refractivity (Wildman–Crippen MR) is 83.3 cm³/mol. The van der Waals surface area contributed by atoms with Gasteiger partial charge in [0.1, 0.15) is 17.7 Å². The number of hydrogen-bond donors (Lipinski definition) is 1. The van der Waals surface area contributed by atoms with Gasteiger partial charge in [0.2, 0.25) is 5.95 Å². The molecule has 2 aromatic heterocycles. The van der Waals surface area contributed by atoms with E-state index in [1.54, 1.807) is 4.90 Å². The summed E-state index contributed by atoms with van der Waals surface area (Å²) in [5.74, 6) is -6.25. The number of benzene rings is 1. The minimum Gasteiger partial charge on any atom is -0.338 e. The monoisotopic (exact) mass is 390 g/mol. The highest BCUT2D eigenvalue weighted by Gasteiger charge is 2.59. The molecule has 0 amide bonds. The third-order valence-electron chi connectivity index (χ3n) is 4.37. The maximum absolute atomic E-state index is 14.5.